The van der Waals surface area contributed by atoms with E-state index in [2.05, 4.69) is 15.2 Å². The third-order valence-corrected chi connectivity index (χ3v) is 3.03. The fraction of sp³-hybridized carbons (Fsp3) is 0. The number of hydrogen-bond donors (Lipinski definition) is 3. The largest absolute Gasteiger partial charge is 0.478 e. The van der Waals surface area contributed by atoms with Crippen LogP contribution in [0.1, 0.15) is 20.7 Å². The molecule has 25 heavy (non-hydrogen) atoms. The van der Waals surface area contributed by atoms with Crippen LogP contribution in [0.15, 0.2) is 48.5 Å². The van der Waals surface area contributed by atoms with Crippen LogP contribution in [-0.2, 0) is 0 Å². The van der Waals surface area contributed by atoms with Crippen LogP contribution in [0.2, 0.25) is 0 Å². The quantitative estimate of drug-likeness (QED) is 0.623. The van der Waals surface area contributed by atoms with Gasteiger partial charge in [-0.3, -0.25) is 0 Å². The number of H-pyrrole nitrogens is 1. The van der Waals surface area contributed by atoms with Crippen LogP contribution >= 0.6 is 0 Å². The van der Waals surface area contributed by atoms with E-state index < -0.39 is 11.9 Å². The van der Waals surface area contributed by atoms with Crippen molar-refractivity contribution in [2.45, 2.75) is 0 Å². The molecule has 0 spiro atoms. The van der Waals surface area contributed by atoms with Gasteiger partial charge in [0, 0.05) is 0 Å². The minimum Gasteiger partial charge on any atom is -0.478 e. The van der Waals surface area contributed by atoms with Gasteiger partial charge in [-0.15, -0.1) is 10.1 Å². The highest BCUT2D eigenvalue weighted by molar-refractivity contribution is 5.88. The molecule has 1 aromatic heterocycles. The molecule has 3 rings (SSSR count). The topological polar surface area (TPSA) is 135 Å². The first-order valence-electron chi connectivity index (χ1n) is 6.96. The average molecular weight is 341 g/mol. The smallest absolute Gasteiger partial charge is 0.344 e. The highest BCUT2D eigenvalue weighted by atomic mass is 16.5. The summed E-state index contributed by atoms with van der Waals surface area (Å²) in [5.74, 6) is -1.65. The fourth-order valence-electron chi connectivity index (χ4n) is 1.93. The first-order valence-corrected chi connectivity index (χ1v) is 6.96. The van der Waals surface area contributed by atoms with Gasteiger partial charge in [0.1, 0.15) is 11.5 Å². The van der Waals surface area contributed by atoms with Gasteiger partial charge < -0.3 is 19.7 Å². The summed E-state index contributed by atoms with van der Waals surface area (Å²) in [6.07, 6.45) is 0. The molecule has 0 aliphatic rings. The summed E-state index contributed by atoms with van der Waals surface area (Å²) < 4.78 is 10.7. The molecule has 1 heterocycles. The van der Waals surface area contributed by atoms with E-state index >= 15 is 0 Å². The van der Waals surface area contributed by atoms with E-state index in [1.165, 1.54) is 36.4 Å². The van der Waals surface area contributed by atoms with Crippen molar-refractivity contribution in [2.24, 2.45) is 0 Å². The summed E-state index contributed by atoms with van der Waals surface area (Å²) in [6.45, 7) is 0. The van der Waals surface area contributed by atoms with Crippen LogP contribution in [0.3, 0.4) is 0 Å². The lowest BCUT2D eigenvalue weighted by Crippen LogP contribution is -1.96. The molecule has 0 aliphatic carbocycles. The number of rotatable bonds is 6. The van der Waals surface area contributed by atoms with Crippen molar-refractivity contribution in [3.05, 3.63) is 59.7 Å². The van der Waals surface area contributed by atoms with Gasteiger partial charge in [0.25, 0.3) is 0 Å². The number of hydrogen-bond acceptors (Lipinski definition) is 6. The molecule has 126 valence electrons. The second-order valence-corrected chi connectivity index (χ2v) is 4.79. The predicted molar refractivity (Wildman–Crippen MR) is 83.3 cm³/mol. The van der Waals surface area contributed by atoms with Crippen LogP contribution in [-0.4, -0.2) is 37.3 Å². The third kappa shape index (κ3) is 3.91. The molecular weight excluding hydrogens is 330 g/mol. The predicted octanol–water partition coefficient (Wildman–Crippen LogP) is 2.79. The Balaban J connectivity index is 1.72. The maximum atomic E-state index is 10.9. The third-order valence-electron chi connectivity index (χ3n) is 3.03. The fourth-order valence-corrected chi connectivity index (χ4v) is 1.93. The lowest BCUT2D eigenvalue weighted by molar-refractivity contribution is 0.0686. The van der Waals surface area contributed by atoms with Gasteiger partial charge in [0.05, 0.1) is 11.1 Å². The van der Waals surface area contributed by atoms with Crippen molar-refractivity contribution in [2.75, 3.05) is 0 Å². The van der Waals surface area contributed by atoms with Gasteiger partial charge >= 0.3 is 24.0 Å². The second-order valence-electron chi connectivity index (χ2n) is 4.79. The molecule has 0 aliphatic heterocycles. The summed E-state index contributed by atoms with van der Waals surface area (Å²) in [6, 6.07) is 11.6. The Morgan fingerprint density at radius 2 is 1.44 bits per heavy atom. The number of nitrogens with one attached hydrogen (secondary N) is 1. The lowest BCUT2D eigenvalue weighted by Gasteiger charge is -2.02. The number of aromatic carboxylic acids is 2. The maximum Gasteiger partial charge on any atom is 0.344 e. The van der Waals surface area contributed by atoms with E-state index in [9.17, 15) is 9.59 Å². The Bertz CT molecular complexity index is 863. The first kappa shape index (κ1) is 16.0. The number of carbonyl (C=O) groups is 2. The molecular formula is C16H11N3O6. The minimum absolute atomic E-state index is 0.00747. The molecule has 0 unspecified atom stereocenters. The van der Waals surface area contributed by atoms with Gasteiger partial charge in [-0.2, -0.15) is 0 Å². The van der Waals surface area contributed by atoms with Crippen molar-refractivity contribution >= 4 is 11.9 Å². The van der Waals surface area contributed by atoms with Crippen molar-refractivity contribution in [3.8, 4) is 23.5 Å². The standard InChI is InChI=1S/C16H11N3O6/c20-13(21)9-3-1-5-11(7-9)24-15-17-16(19-18-15)25-12-6-2-4-10(8-12)14(22)23/h1-8H,(H,20,21)(H,22,23)(H,17,18,19). The van der Waals surface area contributed by atoms with Crippen molar-refractivity contribution in [1.82, 2.24) is 15.2 Å². The van der Waals surface area contributed by atoms with Gasteiger partial charge in [0.2, 0.25) is 0 Å². The summed E-state index contributed by atoms with van der Waals surface area (Å²) in [5.41, 5.74) is 0.133. The number of benzene rings is 2. The Morgan fingerprint density at radius 1 is 0.880 bits per heavy atom. The van der Waals surface area contributed by atoms with Gasteiger partial charge in [-0.25, -0.2) is 14.7 Å². The van der Waals surface area contributed by atoms with Crippen molar-refractivity contribution < 1.29 is 29.3 Å². The highest BCUT2D eigenvalue weighted by Crippen LogP contribution is 2.23. The van der Waals surface area contributed by atoms with Crippen LogP contribution in [0.25, 0.3) is 0 Å². The first-order chi connectivity index (χ1) is 12.0. The van der Waals surface area contributed by atoms with Gasteiger partial charge in [0.15, 0.2) is 0 Å². The molecule has 9 nitrogen and oxygen atoms in total. The lowest BCUT2D eigenvalue weighted by atomic mass is 10.2. The minimum atomic E-state index is -1.08. The Hall–Kier alpha value is -3.88. The highest BCUT2D eigenvalue weighted by Gasteiger charge is 2.11. The molecule has 2 aromatic carbocycles. The number of aromatic amines is 1. The number of aromatic nitrogens is 3. The maximum absolute atomic E-state index is 10.9. The number of nitrogens with zero attached hydrogens (tertiary/aromatic N) is 2. The summed E-state index contributed by atoms with van der Waals surface area (Å²) in [4.78, 5) is 25.8. The van der Waals surface area contributed by atoms with Gasteiger partial charge in [-0.1, -0.05) is 12.1 Å². The van der Waals surface area contributed by atoms with Crippen molar-refractivity contribution in [1.29, 1.82) is 0 Å². The molecule has 0 atom stereocenters. The molecule has 0 amide bonds. The molecule has 3 aromatic rings. The van der Waals surface area contributed by atoms with Crippen LogP contribution in [0.4, 0.5) is 0 Å². The molecule has 0 fully saturated rings. The normalized spacial score (nSPS) is 10.2. The summed E-state index contributed by atoms with van der Waals surface area (Å²) in [5, 5.41) is 24.2. The summed E-state index contributed by atoms with van der Waals surface area (Å²) in [7, 11) is 0. The monoisotopic (exact) mass is 341 g/mol. The summed E-state index contributed by atoms with van der Waals surface area (Å²) >= 11 is 0. The molecule has 0 bridgehead atoms. The SMILES string of the molecule is O=C(O)c1cccc(Oc2n[nH]c(Oc3cccc(C(=O)O)c3)n2)c1. The van der Waals surface area contributed by atoms with E-state index in [-0.39, 0.29) is 34.6 Å². The number of carboxylic acids is 2. The zero-order valence-electron chi connectivity index (χ0n) is 12.5. The zero-order valence-corrected chi connectivity index (χ0v) is 12.5. The van der Waals surface area contributed by atoms with Crippen LogP contribution < -0.4 is 9.47 Å². The molecule has 0 saturated carbocycles. The van der Waals surface area contributed by atoms with Crippen LogP contribution in [0, 0.1) is 0 Å². The van der Waals surface area contributed by atoms with E-state index in [4.69, 9.17) is 19.7 Å². The Kier molecular flexibility index (Phi) is 4.29. The Labute approximate surface area is 140 Å². The second kappa shape index (κ2) is 6.71. The van der Waals surface area contributed by atoms with Crippen molar-refractivity contribution in [3.63, 3.8) is 0 Å². The van der Waals surface area contributed by atoms with Gasteiger partial charge in [-0.05, 0) is 36.4 Å². The zero-order chi connectivity index (χ0) is 17.8. The number of ether oxygens (including phenoxy) is 2. The molecule has 0 saturated heterocycles. The molecule has 3 N–H and O–H groups in total. The van der Waals surface area contributed by atoms with E-state index in [1.807, 2.05) is 0 Å². The van der Waals surface area contributed by atoms with Crippen LogP contribution in [0.5, 0.6) is 23.5 Å². The Morgan fingerprint density at radius 3 is 2.00 bits per heavy atom. The van der Waals surface area contributed by atoms with E-state index in [1.54, 1.807) is 12.1 Å². The van der Waals surface area contributed by atoms with E-state index in [0.29, 0.717) is 0 Å². The average Bonchev–Trinajstić information content (AvgIpc) is 3.02. The molecule has 9 heteroatoms. The van der Waals surface area contributed by atoms with E-state index in [0.717, 1.165) is 0 Å². The molecule has 0 radical (unpaired) electrons. The number of carboxylic acid groups (broad SMARTS) is 2.